The Bertz CT molecular complexity index is 913. The lowest BCUT2D eigenvalue weighted by Gasteiger charge is -2.43. The third kappa shape index (κ3) is 7.46. The Kier molecular flexibility index (Phi) is 9.92. The van der Waals surface area contributed by atoms with Crippen LogP contribution in [0.1, 0.15) is 26.3 Å². The lowest BCUT2D eigenvalue weighted by molar-refractivity contribution is -0.201. The fourth-order valence-corrected chi connectivity index (χ4v) is 4.50. The summed E-state index contributed by atoms with van der Waals surface area (Å²) in [6.45, 7) is 3.32. The molecule has 1 aromatic carbocycles. The monoisotopic (exact) mass is 505 g/mol. The lowest BCUT2D eigenvalue weighted by Crippen LogP contribution is -2.59. The van der Waals surface area contributed by atoms with E-state index in [2.05, 4.69) is 10.0 Å². The van der Waals surface area contributed by atoms with Crippen molar-refractivity contribution in [3.05, 3.63) is 44.3 Å². The number of benzene rings is 1. The average molecular weight is 506 g/mol. The quantitative estimate of drug-likeness (QED) is 0.169. The van der Waals surface area contributed by atoms with E-state index in [0.717, 1.165) is 5.56 Å². The highest BCUT2D eigenvalue weighted by Gasteiger charge is 2.50. The van der Waals surface area contributed by atoms with Gasteiger partial charge in [0.1, 0.15) is 36.4 Å². The summed E-state index contributed by atoms with van der Waals surface area (Å²) in [7, 11) is 0. The van der Waals surface area contributed by atoms with Gasteiger partial charge in [0.2, 0.25) is 0 Å². The number of nitrogens with zero attached hydrogens (tertiary/aromatic N) is 3. The molecule has 0 radical (unpaired) electrons. The number of esters is 3. The van der Waals surface area contributed by atoms with E-state index in [0.29, 0.717) is 15.8 Å². The Morgan fingerprint density at radius 1 is 1.09 bits per heavy atom. The van der Waals surface area contributed by atoms with E-state index in [1.165, 1.54) is 32.5 Å². The predicted octanol–water partition coefficient (Wildman–Crippen LogP) is 4.06. The topological polar surface area (TPSA) is 137 Å². The van der Waals surface area contributed by atoms with E-state index in [-0.39, 0.29) is 6.61 Å². The maximum Gasteiger partial charge on any atom is 0.303 e. The number of rotatable bonds is 8. The Morgan fingerprint density at radius 3 is 2.31 bits per heavy atom. The second-order valence-corrected chi connectivity index (χ2v) is 8.65. The molecule has 0 saturated carbocycles. The van der Waals surface area contributed by atoms with E-state index in [4.69, 9.17) is 47.7 Å². The van der Waals surface area contributed by atoms with Gasteiger partial charge >= 0.3 is 17.9 Å². The molecule has 32 heavy (non-hydrogen) atoms. The number of azide groups is 1. The van der Waals surface area contributed by atoms with Gasteiger partial charge < -0.3 is 18.9 Å². The van der Waals surface area contributed by atoms with Gasteiger partial charge in [-0.15, -0.1) is 11.8 Å². The molecule has 0 spiro atoms. The first-order chi connectivity index (χ1) is 15.1. The molecule has 10 nitrogen and oxygen atoms in total. The van der Waals surface area contributed by atoms with Gasteiger partial charge in [-0.2, -0.15) is 0 Å². The van der Waals surface area contributed by atoms with Crippen LogP contribution in [0.4, 0.5) is 0 Å². The Labute approximate surface area is 198 Å². The summed E-state index contributed by atoms with van der Waals surface area (Å²) in [5.41, 5.74) is 9.07. The van der Waals surface area contributed by atoms with Gasteiger partial charge in [0.05, 0.1) is 10.0 Å². The Balaban J connectivity index is 2.35. The number of carbonyl (C=O) groups excluding carboxylic acids is 3. The first-order valence-corrected chi connectivity index (χ1v) is 11.2. The van der Waals surface area contributed by atoms with Crippen LogP contribution in [0.3, 0.4) is 0 Å². The molecule has 0 amide bonds. The van der Waals surface area contributed by atoms with Gasteiger partial charge in [-0.25, -0.2) is 0 Å². The highest BCUT2D eigenvalue weighted by atomic mass is 35.5. The van der Waals surface area contributed by atoms with Crippen LogP contribution in [0, 0.1) is 0 Å². The van der Waals surface area contributed by atoms with Crippen molar-refractivity contribution in [3.8, 4) is 0 Å². The SMILES string of the molecule is CC(=O)OC[C@H]1O[C@H](SCc2ccc(Cl)c(Cl)c2)[C@H](OC(C)=O)[C@@H](N=[N+]=[N-])[C@H]1OC(C)=O. The smallest absolute Gasteiger partial charge is 0.303 e. The van der Waals surface area contributed by atoms with E-state index in [1.54, 1.807) is 18.2 Å². The average Bonchev–Trinajstić information content (AvgIpc) is 2.70. The number of carbonyl (C=O) groups is 3. The molecule has 1 saturated heterocycles. The Hall–Kier alpha value is -2.17. The minimum atomic E-state index is -1.14. The second-order valence-electron chi connectivity index (χ2n) is 6.75. The molecule has 0 aliphatic carbocycles. The van der Waals surface area contributed by atoms with Crippen LogP contribution in [-0.2, 0) is 39.1 Å². The fraction of sp³-hybridized carbons (Fsp3) is 0.526. The summed E-state index contributed by atoms with van der Waals surface area (Å²) in [5.74, 6) is -1.51. The molecule has 1 aliphatic rings. The van der Waals surface area contributed by atoms with Gasteiger partial charge in [0.25, 0.3) is 0 Å². The molecule has 1 heterocycles. The lowest BCUT2D eigenvalue weighted by atomic mass is 9.97. The maximum atomic E-state index is 11.8. The molecule has 13 heteroatoms. The molecule has 2 rings (SSSR count). The molecule has 1 fully saturated rings. The number of ether oxygens (including phenoxy) is 4. The molecule has 0 N–H and O–H groups in total. The van der Waals surface area contributed by atoms with E-state index >= 15 is 0 Å². The Morgan fingerprint density at radius 2 is 1.75 bits per heavy atom. The van der Waals surface area contributed by atoms with Crippen LogP contribution in [0.5, 0.6) is 0 Å². The summed E-state index contributed by atoms with van der Waals surface area (Å²) in [6, 6.07) is 3.99. The standard InChI is InChI=1S/C19H21Cl2N3O7S/c1-9(25)28-7-15-17(29-10(2)26)16(23-24-22)18(30-11(3)27)19(31-15)32-8-12-4-5-13(20)14(21)6-12/h4-6,15-19H,7-8H2,1-3H3/t15-,16+,17+,18-,19-/m1/s1. The third-order valence-corrected chi connectivity index (χ3v) is 6.20. The first kappa shape index (κ1) is 26.1. The molecule has 1 aromatic rings. The van der Waals surface area contributed by atoms with Crippen molar-refractivity contribution >= 4 is 52.9 Å². The van der Waals surface area contributed by atoms with Crippen molar-refractivity contribution in [2.24, 2.45) is 5.11 Å². The molecule has 174 valence electrons. The van der Waals surface area contributed by atoms with Crippen molar-refractivity contribution < 1.29 is 33.3 Å². The van der Waals surface area contributed by atoms with E-state index in [1.807, 2.05) is 0 Å². The summed E-state index contributed by atoms with van der Waals surface area (Å²) in [5, 5.41) is 4.49. The molecule has 5 atom stereocenters. The van der Waals surface area contributed by atoms with Crippen LogP contribution in [0.2, 0.25) is 10.0 Å². The number of thioether (sulfide) groups is 1. The number of halogens is 2. The van der Waals surface area contributed by atoms with E-state index < -0.39 is 47.7 Å². The summed E-state index contributed by atoms with van der Waals surface area (Å²) in [6.07, 6.45) is -3.18. The third-order valence-electron chi connectivity index (χ3n) is 4.26. The normalized spacial score (nSPS) is 24.7. The fourth-order valence-electron chi connectivity index (χ4n) is 3.02. The van der Waals surface area contributed by atoms with Crippen LogP contribution in [0.25, 0.3) is 10.4 Å². The van der Waals surface area contributed by atoms with Crippen molar-refractivity contribution in [2.75, 3.05) is 6.61 Å². The van der Waals surface area contributed by atoms with Gasteiger partial charge in [-0.05, 0) is 23.2 Å². The number of hydrogen-bond acceptors (Lipinski definition) is 9. The molecule has 0 bridgehead atoms. The van der Waals surface area contributed by atoms with Crippen molar-refractivity contribution in [2.45, 2.75) is 56.3 Å². The second kappa shape index (κ2) is 12.2. The molecule has 0 unspecified atom stereocenters. The highest BCUT2D eigenvalue weighted by Crippen LogP contribution is 2.36. The van der Waals surface area contributed by atoms with Crippen LogP contribution < -0.4 is 0 Å². The zero-order chi connectivity index (χ0) is 23.8. The molecular weight excluding hydrogens is 485 g/mol. The van der Waals surface area contributed by atoms with Crippen molar-refractivity contribution in [1.29, 1.82) is 0 Å². The summed E-state index contributed by atoms with van der Waals surface area (Å²) in [4.78, 5) is 37.6. The van der Waals surface area contributed by atoms with Crippen molar-refractivity contribution in [3.63, 3.8) is 0 Å². The summed E-state index contributed by atoms with van der Waals surface area (Å²) < 4.78 is 21.7. The van der Waals surface area contributed by atoms with Gasteiger partial charge in [0, 0.05) is 31.4 Å². The minimum Gasteiger partial charge on any atom is -0.463 e. The van der Waals surface area contributed by atoms with Crippen LogP contribution in [-0.4, -0.2) is 54.3 Å². The molecule has 0 aromatic heterocycles. The van der Waals surface area contributed by atoms with Crippen molar-refractivity contribution in [1.82, 2.24) is 0 Å². The zero-order valence-electron chi connectivity index (χ0n) is 17.4. The van der Waals surface area contributed by atoms with Gasteiger partial charge in [-0.3, -0.25) is 14.4 Å². The maximum absolute atomic E-state index is 11.8. The highest BCUT2D eigenvalue weighted by molar-refractivity contribution is 7.99. The zero-order valence-corrected chi connectivity index (χ0v) is 19.7. The minimum absolute atomic E-state index is 0.263. The van der Waals surface area contributed by atoms with E-state index in [9.17, 15) is 14.4 Å². The van der Waals surface area contributed by atoms with Gasteiger partial charge in [0.15, 0.2) is 0 Å². The molecule has 1 aliphatic heterocycles. The molecular formula is C19H21Cl2N3O7S. The largest absolute Gasteiger partial charge is 0.463 e. The van der Waals surface area contributed by atoms with Crippen LogP contribution in [0.15, 0.2) is 23.3 Å². The first-order valence-electron chi connectivity index (χ1n) is 9.35. The predicted molar refractivity (Wildman–Crippen MR) is 117 cm³/mol. The number of hydrogen-bond donors (Lipinski definition) is 0. The van der Waals surface area contributed by atoms with Gasteiger partial charge in [-0.1, -0.05) is 34.4 Å². The summed E-state index contributed by atoms with van der Waals surface area (Å²) >= 11 is 13.3. The van der Waals surface area contributed by atoms with Crippen LogP contribution >= 0.6 is 35.0 Å².